The number of methoxy groups -OCH3 is 1. The molecule has 1 aliphatic heterocycles. The van der Waals surface area contributed by atoms with Crippen LogP contribution in [0.3, 0.4) is 0 Å². The van der Waals surface area contributed by atoms with Crippen molar-refractivity contribution in [1.29, 1.82) is 0 Å². The van der Waals surface area contributed by atoms with Gasteiger partial charge in [-0.1, -0.05) is 12.1 Å². The quantitative estimate of drug-likeness (QED) is 0.868. The second kappa shape index (κ2) is 5.29. The third-order valence-electron chi connectivity index (χ3n) is 3.85. The second-order valence-electron chi connectivity index (χ2n) is 5.53. The topological polar surface area (TPSA) is 24.5 Å². The molecule has 0 amide bonds. The number of hydrogen-bond donors (Lipinski definition) is 1. The summed E-state index contributed by atoms with van der Waals surface area (Å²) in [6, 6.07) is 6.49. The molecule has 0 saturated carbocycles. The maximum Gasteiger partial charge on any atom is 0.121 e. The fourth-order valence-corrected chi connectivity index (χ4v) is 2.80. The van der Waals surface area contributed by atoms with Crippen molar-refractivity contribution in [2.24, 2.45) is 0 Å². The van der Waals surface area contributed by atoms with Crippen LogP contribution in [-0.2, 0) is 5.54 Å². The lowest BCUT2D eigenvalue weighted by molar-refractivity contribution is 0.259. The average molecular weight is 248 g/mol. The molecule has 1 aliphatic rings. The molecule has 18 heavy (non-hydrogen) atoms. The van der Waals surface area contributed by atoms with Crippen LogP contribution in [0.25, 0.3) is 0 Å². The van der Waals surface area contributed by atoms with Crippen molar-refractivity contribution in [2.45, 2.75) is 25.8 Å². The van der Waals surface area contributed by atoms with E-state index in [4.69, 9.17) is 4.74 Å². The molecule has 1 fully saturated rings. The van der Waals surface area contributed by atoms with Crippen LogP contribution >= 0.6 is 0 Å². The van der Waals surface area contributed by atoms with E-state index in [0.29, 0.717) is 0 Å². The molecule has 1 saturated heterocycles. The molecule has 1 unspecified atom stereocenters. The number of aryl methyl sites for hydroxylation is 1. The molecule has 0 aromatic heterocycles. The fourth-order valence-electron chi connectivity index (χ4n) is 2.80. The Morgan fingerprint density at radius 1 is 1.39 bits per heavy atom. The van der Waals surface area contributed by atoms with Gasteiger partial charge in [0.15, 0.2) is 0 Å². The summed E-state index contributed by atoms with van der Waals surface area (Å²) in [5, 5.41) is 3.69. The number of likely N-dealkylation sites (N-methyl/N-ethyl adjacent to an activating group) is 1. The predicted octanol–water partition coefficient (Wildman–Crippen LogP) is 2.14. The van der Waals surface area contributed by atoms with Crippen LogP contribution in [0.4, 0.5) is 0 Å². The standard InChI is InChI=1S/C15H24N2O/c1-12-10-13(6-7-14(12)18-4)15(2)11-17(3)9-5-8-16-15/h6-7,10,16H,5,8-9,11H2,1-4H3. The van der Waals surface area contributed by atoms with E-state index in [2.05, 4.69) is 49.3 Å². The molecule has 1 N–H and O–H groups in total. The Morgan fingerprint density at radius 2 is 2.17 bits per heavy atom. The van der Waals surface area contributed by atoms with Crippen molar-refractivity contribution in [3.63, 3.8) is 0 Å². The maximum absolute atomic E-state index is 5.34. The number of ether oxygens (including phenoxy) is 1. The Morgan fingerprint density at radius 3 is 2.83 bits per heavy atom. The van der Waals surface area contributed by atoms with E-state index in [1.54, 1.807) is 7.11 Å². The lowest BCUT2D eigenvalue weighted by Crippen LogP contribution is -2.45. The second-order valence-corrected chi connectivity index (χ2v) is 5.53. The summed E-state index contributed by atoms with van der Waals surface area (Å²) in [5.74, 6) is 0.962. The zero-order chi connectivity index (χ0) is 13.2. The minimum Gasteiger partial charge on any atom is -0.496 e. The minimum absolute atomic E-state index is 0.0300. The van der Waals surface area contributed by atoms with Gasteiger partial charge in [0.25, 0.3) is 0 Å². The Labute approximate surface area is 110 Å². The lowest BCUT2D eigenvalue weighted by Gasteiger charge is -2.33. The van der Waals surface area contributed by atoms with Gasteiger partial charge in [-0.05, 0) is 57.6 Å². The molecule has 0 aliphatic carbocycles. The Kier molecular flexibility index (Phi) is 3.93. The molecule has 0 radical (unpaired) electrons. The molecule has 1 aromatic carbocycles. The summed E-state index contributed by atoms with van der Waals surface area (Å²) in [5.41, 5.74) is 2.57. The van der Waals surface area contributed by atoms with E-state index in [0.717, 1.165) is 25.4 Å². The van der Waals surface area contributed by atoms with E-state index >= 15 is 0 Å². The van der Waals surface area contributed by atoms with E-state index in [1.165, 1.54) is 17.5 Å². The summed E-state index contributed by atoms with van der Waals surface area (Å²) in [6.45, 7) is 7.67. The fraction of sp³-hybridized carbons (Fsp3) is 0.600. The minimum atomic E-state index is 0.0300. The molecule has 1 heterocycles. The van der Waals surface area contributed by atoms with Gasteiger partial charge in [0.2, 0.25) is 0 Å². The molecule has 2 rings (SSSR count). The van der Waals surface area contributed by atoms with E-state index in [9.17, 15) is 0 Å². The van der Waals surface area contributed by atoms with Crippen molar-refractivity contribution in [3.05, 3.63) is 29.3 Å². The van der Waals surface area contributed by atoms with Crippen molar-refractivity contribution in [2.75, 3.05) is 33.8 Å². The summed E-state index contributed by atoms with van der Waals surface area (Å²) in [4.78, 5) is 2.40. The molecule has 0 bridgehead atoms. The molecule has 1 aromatic rings. The van der Waals surface area contributed by atoms with E-state index < -0.39 is 0 Å². The summed E-state index contributed by atoms with van der Waals surface area (Å²) >= 11 is 0. The Bertz CT molecular complexity index is 419. The van der Waals surface area contributed by atoms with Gasteiger partial charge in [0, 0.05) is 6.54 Å². The monoisotopic (exact) mass is 248 g/mol. The van der Waals surface area contributed by atoms with Gasteiger partial charge in [-0.25, -0.2) is 0 Å². The van der Waals surface area contributed by atoms with Crippen molar-refractivity contribution in [3.8, 4) is 5.75 Å². The number of nitrogens with one attached hydrogen (secondary N) is 1. The highest BCUT2D eigenvalue weighted by Gasteiger charge is 2.29. The van der Waals surface area contributed by atoms with Gasteiger partial charge in [0.1, 0.15) is 5.75 Å². The number of hydrogen-bond acceptors (Lipinski definition) is 3. The van der Waals surface area contributed by atoms with Crippen molar-refractivity contribution >= 4 is 0 Å². The van der Waals surface area contributed by atoms with Gasteiger partial charge in [-0.3, -0.25) is 0 Å². The van der Waals surface area contributed by atoms with Crippen molar-refractivity contribution < 1.29 is 4.74 Å². The van der Waals surface area contributed by atoms with Crippen molar-refractivity contribution in [1.82, 2.24) is 10.2 Å². The van der Waals surface area contributed by atoms with Gasteiger partial charge in [-0.2, -0.15) is 0 Å². The molecule has 1 atom stereocenters. The van der Waals surface area contributed by atoms with Crippen LogP contribution in [-0.4, -0.2) is 38.7 Å². The third kappa shape index (κ3) is 2.68. The van der Waals surface area contributed by atoms with Crippen LogP contribution in [0.2, 0.25) is 0 Å². The number of rotatable bonds is 2. The van der Waals surface area contributed by atoms with E-state index in [1.807, 2.05) is 0 Å². The lowest BCUT2D eigenvalue weighted by atomic mass is 9.90. The van der Waals surface area contributed by atoms with Gasteiger partial charge in [-0.15, -0.1) is 0 Å². The first-order chi connectivity index (χ1) is 8.55. The third-order valence-corrected chi connectivity index (χ3v) is 3.85. The first-order valence-electron chi connectivity index (χ1n) is 6.64. The van der Waals surface area contributed by atoms with Crippen LogP contribution in [0.15, 0.2) is 18.2 Å². The van der Waals surface area contributed by atoms with Crippen LogP contribution in [0.5, 0.6) is 5.75 Å². The zero-order valence-electron chi connectivity index (χ0n) is 11.9. The highest BCUT2D eigenvalue weighted by atomic mass is 16.5. The number of nitrogens with zero attached hydrogens (tertiary/aromatic N) is 1. The summed E-state index contributed by atoms with van der Waals surface area (Å²) in [7, 11) is 3.92. The highest BCUT2D eigenvalue weighted by molar-refractivity contribution is 5.39. The van der Waals surface area contributed by atoms with Gasteiger partial charge in [0.05, 0.1) is 12.6 Å². The average Bonchev–Trinajstić information content (AvgIpc) is 2.51. The Balaban J connectivity index is 2.30. The molecular formula is C15H24N2O. The Hall–Kier alpha value is -1.06. The smallest absolute Gasteiger partial charge is 0.121 e. The SMILES string of the molecule is COc1ccc(C2(C)CN(C)CCCN2)cc1C. The molecule has 0 spiro atoms. The molecular weight excluding hydrogens is 224 g/mol. The van der Waals surface area contributed by atoms with Gasteiger partial charge >= 0.3 is 0 Å². The highest BCUT2D eigenvalue weighted by Crippen LogP contribution is 2.28. The summed E-state index contributed by atoms with van der Waals surface area (Å²) < 4.78 is 5.34. The van der Waals surface area contributed by atoms with E-state index in [-0.39, 0.29) is 5.54 Å². The van der Waals surface area contributed by atoms with Crippen LogP contribution < -0.4 is 10.1 Å². The molecule has 3 nitrogen and oxygen atoms in total. The maximum atomic E-state index is 5.34. The van der Waals surface area contributed by atoms with Crippen LogP contribution in [0.1, 0.15) is 24.5 Å². The molecule has 100 valence electrons. The zero-order valence-corrected chi connectivity index (χ0v) is 11.9. The first kappa shape index (κ1) is 13.4. The predicted molar refractivity (Wildman–Crippen MR) is 75.2 cm³/mol. The first-order valence-corrected chi connectivity index (χ1v) is 6.64. The van der Waals surface area contributed by atoms with Crippen LogP contribution in [0, 0.1) is 6.92 Å². The summed E-state index contributed by atoms with van der Waals surface area (Å²) in [6.07, 6.45) is 1.21. The molecule has 3 heteroatoms. The largest absolute Gasteiger partial charge is 0.496 e. The number of benzene rings is 1. The normalized spacial score (nSPS) is 25.8. The van der Waals surface area contributed by atoms with Gasteiger partial charge < -0.3 is 15.0 Å².